The van der Waals surface area contributed by atoms with Gasteiger partial charge >= 0.3 is 6.09 Å². The Morgan fingerprint density at radius 3 is 2.18 bits per heavy atom. The summed E-state index contributed by atoms with van der Waals surface area (Å²) in [5, 5.41) is 0. The van der Waals surface area contributed by atoms with E-state index in [1.165, 1.54) is 12.8 Å². The maximum absolute atomic E-state index is 11.1. The van der Waals surface area contributed by atoms with Crippen molar-refractivity contribution in [3.05, 3.63) is 0 Å². The van der Waals surface area contributed by atoms with E-state index in [9.17, 15) is 4.79 Å². The minimum absolute atomic E-state index is 0.0265. The van der Waals surface area contributed by atoms with E-state index in [0.717, 1.165) is 25.2 Å². The number of nitrogens with zero attached hydrogens (tertiary/aromatic N) is 1. The molecule has 1 amide bonds. The number of hydrogen-bond acceptors (Lipinski definition) is 3. The molecule has 0 N–H and O–H groups in total. The van der Waals surface area contributed by atoms with Crippen LogP contribution >= 0.6 is 0 Å². The van der Waals surface area contributed by atoms with Crippen molar-refractivity contribution < 1.29 is 9.53 Å². The van der Waals surface area contributed by atoms with Crippen molar-refractivity contribution >= 4 is 18.5 Å². The number of ether oxygens (including phenoxy) is 1. The minimum Gasteiger partial charge on any atom is -0.444 e. The molecule has 0 saturated carbocycles. The Labute approximate surface area is 110 Å². The number of amides is 1. The van der Waals surface area contributed by atoms with Gasteiger partial charge in [-0.2, -0.15) is 0 Å². The number of unbranched alkanes of at least 4 members (excludes halogenated alkanes) is 1. The van der Waals surface area contributed by atoms with Crippen LogP contribution in [0.2, 0.25) is 0 Å². The molecule has 0 rings (SSSR count). The van der Waals surface area contributed by atoms with Gasteiger partial charge in [0.2, 0.25) is 0 Å². The van der Waals surface area contributed by atoms with E-state index in [2.05, 4.69) is 44.5 Å². The molecule has 0 saturated heterocycles. The van der Waals surface area contributed by atoms with Crippen LogP contribution in [0.4, 0.5) is 4.79 Å². The second-order valence-corrected chi connectivity index (χ2v) is 5.59. The van der Waals surface area contributed by atoms with Crippen molar-refractivity contribution in [2.45, 2.75) is 65.9 Å². The first-order valence-corrected chi connectivity index (χ1v) is 6.86. The van der Waals surface area contributed by atoms with E-state index >= 15 is 0 Å². The largest absolute Gasteiger partial charge is 0.445 e. The normalized spacial score (nSPS) is 12.8. The van der Waals surface area contributed by atoms with Crippen molar-refractivity contribution in [2.75, 3.05) is 0 Å². The monoisotopic (exact) mass is 259 g/mol. The number of hydrogen-bond donors (Lipinski definition) is 0. The summed E-state index contributed by atoms with van der Waals surface area (Å²) in [4.78, 5) is 11.1. The first-order chi connectivity index (χ1) is 7.95. The maximum Gasteiger partial charge on any atom is 0.445 e. The van der Waals surface area contributed by atoms with Crippen LogP contribution in [-0.2, 0) is 17.2 Å². The molecule has 0 heterocycles. The Kier molecular flexibility index (Phi) is 9.23. The lowest BCUT2D eigenvalue weighted by Crippen LogP contribution is -2.18. The fraction of sp³-hybridized carbons (Fsp3) is 0.923. The third-order valence-corrected chi connectivity index (χ3v) is 2.78. The molecule has 0 aliphatic heterocycles. The van der Waals surface area contributed by atoms with Crippen LogP contribution in [0.25, 0.3) is 0 Å². The summed E-state index contributed by atoms with van der Waals surface area (Å²) in [5.41, 5.74) is 0. The molecule has 0 fully saturated rings. The summed E-state index contributed by atoms with van der Waals surface area (Å²) < 4.78 is 8.32. The maximum atomic E-state index is 11.1. The van der Waals surface area contributed by atoms with Crippen LogP contribution in [0.15, 0.2) is 4.36 Å². The first-order valence-electron chi connectivity index (χ1n) is 6.49. The highest BCUT2D eigenvalue weighted by atomic mass is 32.1. The van der Waals surface area contributed by atoms with Crippen LogP contribution in [0.3, 0.4) is 0 Å². The van der Waals surface area contributed by atoms with E-state index in [4.69, 9.17) is 4.74 Å². The molecule has 0 spiro atoms. The molecule has 3 nitrogen and oxygen atoms in total. The predicted octanol–water partition coefficient (Wildman–Crippen LogP) is 4.48. The van der Waals surface area contributed by atoms with Crippen molar-refractivity contribution in [3.63, 3.8) is 0 Å². The first kappa shape index (κ1) is 16.5. The molecule has 4 heteroatoms. The highest BCUT2D eigenvalue weighted by Crippen LogP contribution is 2.17. The lowest BCUT2D eigenvalue weighted by molar-refractivity contribution is 0.0869. The fourth-order valence-corrected chi connectivity index (χ4v) is 1.88. The molecule has 0 radical (unpaired) electrons. The van der Waals surface area contributed by atoms with E-state index in [0.29, 0.717) is 5.92 Å². The molecule has 0 aliphatic rings. The molecule has 1 unspecified atom stereocenters. The number of carbonyl (C=O) groups is 1. The third-order valence-electron chi connectivity index (χ3n) is 2.63. The zero-order valence-electron chi connectivity index (χ0n) is 11.4. The topological polar surface area (TPSA) is 38.7 Å². The Morgan fingerprint density at radius 1 is 1.12 bits per heavy atom. The summed E-state index contributed by atoms with van der Waals surface area (Å²) in [6, 6.07) is 0. The molecule has 0 aromatic carbocycles. The Morgan fingerprint density at radius 2 is 1.71 bits per heavy atom. The van der Waals surface area contributed by atoms with Gasteiger partial charge in [-0.1, -0.05) is 40.5 Å². The molecular weight excluding hydrogens is 234 g/mol. The molecule has 0 aromatic rings. The van der Waals surface area contributed by atoms with Gasteiger partial charge in [-0.15, -0.1) is 4.36 Å². The van der Waals surface area contributed by atoms with Gasteiger partial charge < -0.3 is 4.74 Å². The Hall–Kier alpha value is -0.510. The smallest absolute Gasteiger partial charge is 0.444 e. The second-order valence-electron chi connectivity index (χ2n) is 5.40. The van der Waals surface area contributed by atoms with Gasteiger partial charge in [-0.3, -0.25) is 0 Å². The average Bonchev–Trinajstić information content (AvgIpc) is 2.22. The highest BCUT2D eigenvalue weighted by molar-refractivity contribution is 7.47. The molecule has 0 aliphatic carbocycles. The van der Waals surface area contributed by atoms with Gasteiger partial charge in [0.15, 0.2) is 0 Å². The lowest BCUT2D eigenvalue weighted by Gasteiger charge is -2.18. The zero-order chi connectivity index (χ0) is 13.3. The van der Waals surface area contributed by atoms with Crippen LogP contribution < -0.4 is 0 Å². The van der Waals surface area contributed by atoms with Crippen LogP contribution in [-0.4, -0.2) is 12.2 Å². The fourth-order valence-electron chi connectivity index (χ4n) is 1.84. The van der Waals surface area contributed by atoms with Crippen molar-refractivity contribution in [3.8, 4) is 0 Å². The summed E-state index contributed by atoms with van der Waals surface area (Å²) in [6.07, 6.45) is 4.68. The standard InChI is InChI=1S/C13H25NO2S/c1-10(2)7-5-6-8-12(9-11(3)4)16-13(15)14-17/h10-12H,5-9H2,1-4H3. The molecule has 100 valence electrons. The summed E-state index contributed by atoms with van der Waals surface area (Å²) in [7, 11) is 0. The van der Waals surface area contributed by atoms with Gasteiger partial charge in [0.1, 0.15) is 6.10 Å². The van der Waals surface area contributed by atoms with Gasteiger partial charge in [0, 0.05) is 12.4 Å². The molecule has 0 aromatic heterocycles. The Balaban J connectivity index is 3.92. The van der Waals surface area contributed by atoms with E-state index in [-0.39, 0.29) is 6.10 Å². The molecule has 0 bridgehead atoms. The van der Waals surface area contributed by atoms with E-state index in [1.807, 2.05) is 0 Å². The second kappa shape index (κ2) is 9.51. The van der Waals surface area contributed by atoms with E-state index < -0.39 is 6.09 Å². The predicted molar refractivity (Wildman–Crippen MR) is 72.8 cm³/mol. The zero-order valence-corrected chi connectivity index (χ0v) is 12.3. The average molecular weight is 259 g/mol. The Bertz CT molecular complexity index is 229. The number of rotatable bonds is 8. The van der Waals surface area contributed by atoms with Crippen LogP contribution in [0, 0.1) is 11.8 Å². The quantitative estimate of drug-likeness (QED) is 0.603. The van der Waals surface area contributed by atoms with Crippen LogP contribution in [0.5, 0.6) is 0 Å². The van der Waals surface area contributed by atoms with Crippen molar-refractivity contribution in [2.24, 2.45) is 16.2 Å². The van der Waals surface area contributed by atoms with Crippen molar-refractivity contribution in [1.29, 1.82) is 0 Å². The SMILES string of the molecule is CC(C)CCCCC(CC(C)C)OC(=O)N=S. The minimum atomic E-state index is -0.616. The summed E-state index contributed by atoms with van der Waals surface area (Å²) >= 11 is 4.33. The third kappa shape index (κ3) is 10.4. The summed E-state index contributed by atoms with van der Waals surface area (Å²) in [5.74, 6) is 1.26. The highest BCUT2D eigenvalue weighted by Gasteiger charge is 2.15. The van der Waals surface area contributed by atoms with Gasteiger partial charge in [0.05, 0.1) is 0 Å². The summed E-state index contributed by atoms with van der Waals surface area (Å²) in [6.45, 7) is 8.70. The van der Waals surface area contributed by atoms with Gasteiger partial charge in [-0.05, 0) is 31.1 Å². The molecule has 1 atom stereocenters. The van der Waals surface area contributed by atoms with E-state index in [1.54, 1.807) is 0 Å². The van der Waals surface area contributed by atoms with Crippen LogP contribution in [0.1, 0.15) is 59.8 Å². The van der Waals surface area contributed by atoms with Gasteiger partial charge in [-0.25, -0.2) is 4.79 Å². The van der Waals surface area contributed by atoms with Gasteiger partial charge in [0.25, 0.3) is 0 Å². The van der Waals surface area contributed by atoms with Crippen molar-refractivity contribution in [1.82, 2.24) is 0 Å². The molecule has 17 heavy (non-hydrogen) atoms. The number of carbonyl (C=O) groups excluding carboxylic acids is 1. The molecular formula is C13H25NO2S. The lowest BCUT2D eigenvalue weighted by atomic mass is 9.99.